The van der Waals surface area contributed by atoms with Gasteiger partial charge in [-0.15, -0.1) is 0 Å². The van der Waals surface area contributed by atoms with Crippen molar-refractivity contribution in [2.75, 3.05) is 12.0 Å². The van der Waals surface area contributed by atoms with Crippen LogP contribution in [0.15, 0.2) is 87.9 Å². The summed E-state index contributed by atoms with van der Waals surface area (Å²) in [6.45, 7) is 2.07. The molecule has 1 saturated heterocycles. The van der Waals surface area contributed by atoms with E-state index in [1.54, 1.807) is 13.3 Å². The summed E-state index contributed by atoms with van der Waals surface area (Å²) in [5.41, 5.74) is 4.00. The number of rotatable bonds is 5. The van der Waals surface area contributed by atoms with Crippen molar-refractivity contribution in [2.45, 2.75) is 19.0 Å². The molecule has 2 atom stereocenters. The molecule has 2 aromatic heterocycles. The Kier molecular flexibility index (Phi) is 5.91. The maximum absolute atomic E-state index is 6.45. The second-order valence-electron chi connectivity index (χ2n) is 7.88. The molecule has 0 unspecified atom stereocenters. The number of nitrogens with zero attached hydrogens (tertiary/aromatic N) is 2. The quantitative estimate of drug-likeness (QED) is 0.300. The summed E-state index contributed by atoms with van der Waals surface area (Å²) < 4.78 is 12.9. The summed E-state index contributed by atoms with van der Waals surface area (Å²) in [5, 5.41) is 4.07. The first kappa shape index (κ1) is 21.7. The monoisotopic (exact) mass is 519 g/mol. The Labute approximate surface area is 206 Å². The Morgan fingerprint density at radius 3 is 2.70 bits per heavy atom. The number of halogens is 1. The van der Waals surface area contributed by atoms with Crippen molar-refractivity contribution in [1.29, 1.82) is 0 Å². The highest BCUT2D eigenvalue weighted by molar-refractivity contribution is 9.10. The van der Waals surface area contributed by atoms with E-state index in [2.05, 4.69) is 56.3 Å². The number of anilines is 1. The van der Waals surface area contributed by atoms with Crippen molar-refractivity contribution >= 4 is 38.9 Å². The minimum Gasteiger partial charge on any atom is -0.497 e. The van der Waals surface area contributed by atoms with Crippen molar-refractivity contribution in [3.63, 3.8) is 0 Å². The van der Waals surface area contributed by atoms with E-state index >= 15 is 0 Å². The lowest BCUT2D eigenvalue weighted by atomic mass is 10.0. The van der Waals surface area contributed by atoms with Crippen LogP contribution >= 0.6 is 28.1 Å². The Bertz CT molecular complexity index is 1310. The van der Waals surface area contributed by atoms with Gasteiger partial charge in [0.15, 0.2) is 5.11 Å². The van der Waals surface area contributed by atoms with Crippen LogP contribution in [0.3, 0.4) is 0 Å². The maximum atomic E-state index is 6.45. The number of aryl methyl sites for hydroxylation is 1. The molecule has 1 aliphatic rings. The molecule has 5 rings (SSSR count). The lowest BCUT2D eigenvalue weighted by Crippen LogP contribution is -2.29. The van der Waals surface area contributed by atoms with Gasteiger partial charge >= 0.3 is 0 Å². The van der Waals surface area contributed by atoms with Crippen molar-refractivity contribution in [2.24, 2.45) is 0 Å². The molecule has 1 aliphatic heterocycles. The zero-order valence-corrected chi connectivity index (χ0v) is 20.6. The van der Waals surface area contributed by atoms with E-state index < -0.39 is 0 Å². The Hall–Kier alpha value is -3.16. The molecule has 0 spiro atoms. The van der Waals surface area contributed by atoms with E-state index in [1.807, 2.05) is 54.6 Å². The van der Waals surface area contributed by atoms with Gasteiger partial charge in [-0.2, -0.15) is 0 Å². The molecule has 0 radical (unpaired) electrons. The summed E-state index contributed by atoms with van der Waals surface area (Å²) in [6.07, 6.45) is 1.79. The average molecular weight is 520 g/mol. The zero-order valence-electron chi connectivity index (χ0n) is 18.2. The van der Waals surface area contributed by atoms with E-state index in [1.165, 1.54) is 5.56 Å². The molecule has 1 N–H and O–H groups in total. The highest BCUT2D eigenvalue weighted by atomic mass is 79.9. The third-order valence-electron chi connectivity index (χ3n) is 5.74. The smallest absolute Gasteiger partial charge is 0.174 e. The van der Waals surface area contributed by atoms with Gasteiger partial charge in [0.2, 0.25) is 0 Å². The summed E-state index contributed by atoms with van der Waals surface area (Å²) in [7, 11) is 1.66. The number of methoxy groups -OCH3 is 1. The van der Waals surface area contributed by atoms with Crippen LogP contribution in [0, 0.1) is 6.92 Å². The Morgan fingerprint density at radius 2 is 1.94 bits per heavy atom. The molecule has 0 amide bonds. The maximum Gasteiger partial charge on any atom is 0.174 e. The van der Waals surface area contributed by atoms with E-state index in [0.717, 1.165) is 38.7 Å². The fraction of sp³-hybridized carbons (Fsp3) is 0.154. The second-order valence-corrected chi connectivity index (χ2v) is 9.12. The number of aromatic nitrogens is 1. The van der Waals surface area contributed by atoms with Gasteiger partial charge in [0.05, 0.1) is 18.8 Å². The van der Waals surface area contributed by atoms with Crippen molar-refractivity contribution in [1.82, 2.24) is 10.3 Å². The largest absolute Gasteiger partial charge is 0.497 e. The summed E-state index contributed by atoms with van der Waals surface area (Å²) in [5.74, 6) is 2.35. The molecule has 0 aliphatic carbocycles. The van der Waals surface area contributed by atoms with E-state index in [4.69, 9.17) is 21.4 Å². The van der Waals surface area contributed by atoms with Crippen LogP contribution in [-0.2, 0) is 0 Å². The van der Waals surface area contributed by atoms with Gasteiger partial charge in [-0.05, 0) is 73.2 Å². The Morgan fingerprint density at radius 1 is 1.06 bits per heavy atom. The highest BCUT2D eigenvalue weighted by Gasteiger charge is 2.42. The topological polar surface area (TPSA) is 50.5 Å². The minimum absolute atomic E-state index is 0.176. The number of nitrogens with one attached hydrogen (secondary N) is 1. The first-order chi connectivity index (χ1) is 16.0. The van der Waals surface area contributed by atoms with Gasteiger partial charge in [0.25, 0.3) is 0 Å². The first-order valence-corrected chi connectivity index (χ1v) is 11.8. The summed E-state index contributed by atoms with van der Waals surface area (Å²) in [6, 6.07) is 23.6. The first-order valence-electron chi connectivity index (χ1n) is 10.6. The van der Waals surface area contributed by atoms with Crippen molar-refractivity contribution in [3.8, 4) is 17.1 Å². The second kappa shape index (κ2) is 9.00. The van der Waals surface area contributed by atoms with Crippen LogP contribution < -0.4 is 15.0 Å². The third-order valence-corrected chi connectivity index (χ3v) is 6.71. The number of hydrogen-bond donors (Lipinski definition) is 1. The highest BCUT2D eigenvalue weighted by Crippen LogP contribution is 2.44. The fourth-order valence-corrected chi connectivity index (χ4v) is 5.19. The van der Waals surface area contributed by atoms with E-state index in [-0.39, 0.29) is 12.1 Å². The van der Waals surface area contributed by atoms with Crippen LogP contribution in [0.25, 0.3) is 11.3 Å². The van der Waals surface area contributed by atoms with Crippen LogP contribution in [-0.4, -0.2) is 17.2 Å². The number of ether oxygens (including phenoxy) is 1. The molecule has 7 heteroatoms. The number of pyridine rings is 1. The minimum atomic E-state index is -0.225. The predicted molar refractivity (Wildman–Crippen MR) is 138 cm³/mol. The fourth-order valence-electron chi connectivity index (χ4n) is 4.16. The van der Waals surface area contributed by atoms with Crippen LogP contribution in [0.5, 0.6) is 5.75 Å². The molecule has 1 fully saturated rings. The average Bonchev–Trinajstić information content (AvgIpc) is 3.44. The van der Waals surface area contributed by atoms with E-state index in [9.17, 15) is 0 Å². The standard InChI is InChI=1S/C26H22BrN3O2S/c1-16-9-10-19(20(27)14-16)22-11-12-23(32-22)25-24(21-8-3-4-13-28-21)29-26(33)30(25)17-6-5-7-18(15-17)31-2/h3-15,24-25H,1-2H3,(H,29,33)/t24-,25+/m1/s1. The van der Waals surface area contributed by atoms with Gasteiger partial charge < -0.3 is 19.4 Å². The lowest BCUT2D eigenvalue weighted by Gasteiger charge is -2.26. The van der Waals surface area contributed by atoms with Crippen molar-refractivity contribution in [3.05, 3.63) is 100 Å². The third kappa shape index (κ3) is 4.14. The van der Waals surface area contributed by atoms with Gasteiger partial charge in [-0.1, -0.05) is 34.1 Å². The number of thiocarbonyl (C=S) groups is 1. The summed E-state index contributed by atoms with van der Waals surface area (Å²) >= 11 is 9.46. The molecule has 2 aromatic carbocycles. The summed E-state index contributed by atoms with van der Waals surface area (Å²) in [4.78, 5) is 6.67. The van der Waals surface area contributed by atoms with Gasteiger partial charge in [-0.25, -0.2) is 0 Å². The normalized spacial score (nSPS) is 17.8. The molecule has 5 nitrogen and oxygen atoms in total. The van der Waals surface area contributed by atoms with Gasteiger partial charge in [-0.3, -0.25) is 4.98 Å². The zero-order chi connectivity index (χ0) is 22.9. The number of benzene rings is 2. The van der Waals surface area contributed by atoms with Gasteiger partial charge in [0, 0.05) is 28.0 Å². The molecular weight excluding hydrogens is 498 g/mol. The number of hydrogen-bond acceptors (Lipinski definition) is 4. The molecular formula is C26H22BrN3O2S. The lowest BCUT2D eigenvalue weighted by molar-refractivity contribution is 0.414. The molecule has 33 heavy (non-hydrogen) atoms. The van der Waals surface area contributed by atoms with Crippen molar-refractivity contribution < 1.29 is 9.15 Å². The van der Waals surface area contributed by atoms with Gasteiger partial charge in [0.1, 0.15) is 23.3 Å². The SMILES string of the molecule is COc1cccc(N2C(=S)N[C@H](c3ccccn3)[C@@H]2c2ccc(-c3ccc(C)cc3Br)o2)c1. The molecule has 3 heterocycles. The predicted octanol–water partition coefficient (Wildman–Crippen LogP) is 6.60. The van der Waals surface area contributed by atoms with E-state index in [0.29, 0.717) is 5.11 Å². The molecule has 0 saturated carbocycles. The molecule has 0 bridgehead atoms. The van der Waals surface area contributed by atoms with Crippen LogP contribution in [0.2, 0.25) is 0 Å². The van der Waals surface area contributed by atoms with Crippen LogP contribution in [0.1, 0.15) is 29.1 Å². The molecule has 4 aromatic rings. The Balaban J connectivity index is 1.61. The van der Waals surface area contributed by atoms with Crippen LogP contribution in [0.4, 0.5) is 5.69 Å². The number of furan rings is 1. The molecule has 166 valence electrons.